The van der Waals surface area contributed by atoms with E-state index >= 15 is 0 Å². The van der Waals surface area contributed by atoms with E-state index in [1.165, 1.54) is 5.75 Å². The van der Waals surface area contributed by atoms with Crippen molar-refractivity contribution < 1.29 is 14.7 Å². The second-order valence-electron chi connectivity index (χ2n) is 4.29. The molecule has 17 heavy (non-hydrogen) atoms. The third kappa shape index (κ3) is 5.21. The summed E-state index contributed by atoms with van der Waals surface area (Å²) in [7, 11) is 1.68. The Kier molecular flexibility index (Phi) is 6.19. The smallest absolute Gasteiger partial charge is 0.308 e. The summed E-state index contributed by atoms with van der Waals surface area (Å²) in [6.07, 6.45) is 0.528. The van der Waals surface area contributed by atoms with Gasteiger partial charge in [-0.15, -0.1) is 0 Å². The molecule has 2 unspecified atom stereocenters. The number of thioether (sulfide) groups is 2. The molecule has 1 amide bonds. The van der Waals surface area contributed by atoms with Crippen molar-refractivity contribution in [2.75, 3.05) is 30.9 Å². The van der Waals surface area contributed by atoms with Gasteiger partial charge in [-0.3, -0.25) is 9.59 Å². The molecule has 98 valence electrons. The summed E-state index contributed by atoms with van der Waals surface area (Å²) in [6, 6.07) is 0. The molecular formula is C11H19NO3S2. The second kappa shape index (κ2) is 7.16. The third-order valence-corrected chi connectivity index (χ3v) is 5.53. The van der Waals surface area contributed by atoms with Gasteiger partial charge < -0.3 is 10.0 Å². The van der Waals surface area contributed by atoms with Crippen LogP contribution in [-0.4, -0.2) is 58.0 Å². The Balaban J connectivity index is 2.33. The van der Waals surface area contributed by atoms with Gasteiger partial charge in [-0.25, -0.2) is 0 Å². The maximum atomic E-state index is 11.9. The highest BCUT2D eigenvalue weighted by Crippen LogP contribution is 2.26. The van der Waals surface area contributed by atoms with Crippen LogP contribution in [0.3, 0.4) is 0 Å². The summed E-state index contributed by atoms with van der Waals surface area (Å²) in [5.41, 5.74) is 0. The summed E-state index contributed by atoms with van der Waals surface area (Å²) in [5, 5.41) is 9.18. The summed E-state index contributed by atoms with van der Waals surface area (Å²) < 4.78 is 0. The molecule has 0 bridgehead atoms. The molecule has 1 fully saturated rings. The zero-order chi connectivity index (χ0) is 12.8. The van der Waals surface area contributed by atoms with Crippen molar-refractivity contribution in [1.29, 1.82) is 0 Å². The summed E-state index contributed by atoms with van der Waals surface area (Å²) >= 11 is 3.74. The van der Waals surface area contributed by atoms with E-state index in [9.17, 15) is 9.59 Å². The number of rotatable bonds is 5. The van der Waals surface area contributed by atoms with Crippen LogP contribution >= 0.6 is 23.5 Å². The Morgan fingerprint density at radius 1 is 1.47 bits per heavy atom. The average molecular weight is 277 g/mol. The highest BCUT2D eigenvalue weighted by atomic mass is 32.2. The van der Waals surface area contributed by atoms with E-state index in [-0.39, 0.29) is 5.91 Å². The van der Waals surface area contributed by atoms with Crippen LogP contribution in [0.15, 0.2) is 0 Å². The Bertz CT molecular complexity index is 280. The van der Waals surface area contributed by atoms with E-state index in [0.29, 0.717) is 18.2 Å². The minimum atomic E-state index is -0.854. The van der Waals surface area contributed by atoms with Crippen LogP contribution < -0.4 is 0 Å². The van der Waals surface area contributed by atoms with Crippen molar-refractivity contribution in [2.24, 2.45) is 5.92 Å². The fourth-order valence-electron chi connectivity index (χ4n) is 1.60. The lowest BCUT2D eigenvalue weighted by molar-refractivity contribution is -0.142. The van der Waals surface area contributed by atoms with Crippen molar-refractivity contribution in [3.05, 3.63) is 0 Å². The van der Waals surface area contributed by atoms with Crippen LogP contribution in [0.1, 0.15) is 13.3 Å². The number of hydrogen-bond acceptors (Lipinski definition) is 4. The summed E-state index contributed by atoms with van der Waals surface area (Å²) in [5.74, 6) is 2.00. The number of carbonyl (C=O) groups is 2. The Labute approximate surface area is 111 Å². The molecule has 0 spiro atoms. The Hall–Kier alpha value is -0.360. The lowest BCUT2D eigenvalue weighted by Gasteiger charge is -2.24. The molecule has 1 rings (SSSR count). The minimum Gasteiger partial charge on any atom is -0.481 e. The molecule has 1 saturated heterocycles. The Morgan fingerprint density at radius 3 is 2.71 bits per heavy atom. The van der Waals surface area contributed by atoms with Crippen molar-refractivity contribution in [2.45, 2.75) is 18.6 Å². The Morgan fingerprint density at radius 2 is 2.18 bits per heavy atom. The molecule has 0 aromatic rings. The first kappa shape index (κ1) is 14.7. The van der Waals surface area contributed by atoms with Gasteiger partial charge in [0.2, 0.25) is 5.91 Å². The summed E-state index contributed by atoms with van der Waals surface area (Å²) in [4.78, 5) is 24.1. The monoisotopic (exact) mass is 277 g/mol. The maximum Gasteiger partial charge on any atom is 0.308 e. The number of nitrogens with zero attached hydrogens (tertiary/aromatic N) is 1. The average Bonchev–Trinajstić information content (AvgIpc) is 2.29. The molecule has 1 aliphatic heterocycles. The van der Waals surface area contributed by atoms with Crippen LogP contribution in [0.25, 0.3) is 0 Å². The lowest BCUT2D eigenvalue weighted by Crippen LogP contribution is -2.35. The van der Waals surface area contributed by atoms with Gasteiger partial charge in [-0.05, 0) is 0 Å². The molecule has 0 radical (unpaired) electrons. The minimum absolute atomic E-state index is 0.0538. The first-order chi connectivity index (χ1) is 8.00. The van der Waals surface area contributed by atoms with E-state index < -0.39 is 11.9 Å². The molecular weight excluding hydrogens is 258 g/mol. The number of amides is 1. The number of carbonyl (C=O) groups excluding carboxylic acids is 1. The van der Waals surface area contributed by atoms with E-state index in [1.807, 2.05) is 23.5 Å². The van der Waals surface area contributed by atoms with Crippen molar-refractivity contribution in [3.63, 3.8) is 0 Å². The molecule has 0 aromatic heterocycles. The predicted octanol–water partition coefficient (Wildman–Crippen LogP) is 1.40. The molecule has 0 aliphatic carbocycles. The summed E-state index contributed by atoms with van der Waals surface area (Å²) in [6.45, 7) is 1.91. The van der Waals surface area contributed by atoms with Crippen LogP contribution in [0.4, 0.5) is 0 Å². The number of hydrogen-bond donors (Lipinski definition) is 1. The molecule has 1 N–H and O–H groups in total. The fourth-order valence-corrected chi connectivity index (χ4v) is 4.27. The number of carboxylic acids is 1. The van der Waals surface area contributed by atoms with Gasteiger partial charge in [-0.1, -0.05) is 6.92 Å². The highest BCUT2D eigenvalue weighted by molar-refractivity contribution is 8.06. The zero-order valence-electron chi connectivity index (χ0n) is 10.2. The molecule has 0 saturated carbocycles. The van der Waals surface area contributed by atoms with Gasteiger partial charge in [0, 0.05) is 42.5 Å². The number of aliphatic carboxylic acids is 1. The van der Waals surface area contributed by atoms with Crippen molar-refractivity contribution in [1.82, 2.24) is 4.90 Å². The molecule has 0 aromatic carbocycles. The normalized spacial score (nSPS) is 21.9. The van der Waals surface area contributed by atoms with E-state index in [2.05, 4.69) is 0 Å². The first-order valence-electron chi connectivity index (χ1n) is 5.66. The first-order valence-corrected chi connectivity index (χ1v) is 7.87. The van der Waals surface area contributed by atoms with Gasteiger partial charge in [0.1, 0.15) is 0 Å². The van der Waals surface area contributed by atoms with Crippen LogP contribution in [0.2, 0.25) is 0 Å². The molecule has 4 nitrogen and oxygen atoms in total. The van der Waals surface area contributed by atoms with Crippen LogP contribution in [-0.2, 0) is 9.59 Å². The van der Waals surface area contributed by atoms with Crippen LogP contribution in [0.5, 0.6) is 0 Å². The quantitative estimate of drug-likeness (QED) is 0.823. The molecule has 1 aliphatic rings. The van der Waals surface area contributed by atoms with E-state index in [4.69, 9.17) is 5.11 Å². The van der Waals surface area contributed by atoms with E-state index in [1.54, 1.807) is 18.9 Å². The standard InChI is InChI=1S/C11H19NO3S2/c1-8(11(14)15)6-12(2)10(13)5-9-7-16-3-4-17-9/h8-9H,3-7H2,1-2H3,(H,14,15). The van der Waals surface area contributed by atoms with Gasteiger partial charge in [-0.2, -0.15) is 23.5 Å². The van der Waals surface area contributed by atoms with Gasteiger partial charge >= 0.3 is 5.97 Å². The topological polar surface area (TPSA) is 57.6 Å². The third-order valence-electron chi connectivity index (χ3n) is 2.68. The van der Waals surface area contributed by atoms with Gasteiger partial charge in [0.15, 0.2) is 0 Å². The molecule has 2 atom stereocenters. The van der Waals surface area contributed by atoms with Crippen LogP contribution in [0, 0.1) is 5.92 Å². The van der Waals surface area contributed by atoms with Gasteiger partial charge in [0.25, 0.3) is 0 Å². The molecule has 6 heteroatoms. The van der Waals surface area contributed by atoms with Crippen molar-refractivity contribution >= 4 is 35.4 Å². The largest absolute Gasteiger partial charge is 0.481 e. The fraction of sp³-hybridized carbons (Fsp3) is 0.818. The SMILES string of the molecule is CC(CN(C)C(=O)CC1CSCCS1)C(=O)O. The van der Waals surface area contributed by atoms with E-state index in [0.717, 1.165) is 11.5 Å². The molecule has 1 heterocycles. The highest BCUT2D eigenvalue weighted by Gasteiger charge is 2.22. The van der Waals surface area contributed by atoms with Gasteiger partial charge in [0.05, 0.1) is 5.92 Å². The maximum absolute atomic E-state index is 11.9. The zero-order valence-corrected chi connectivity index (χ0v) is 11.9. The lowest BCUT2D eigenvalue weighted by atomic mass is 10.1. The second-order valence-corrected chi connectivity index (χ2v) is 6.84. The number of carboxylic acid groups (broad SMARTS) is 1. The van der Waals surface area contributed by atoms with Crippen molar-refractivity contribution in [3.8, 4) is 0 Å². The predicted molar refractivity (Wildman–Crippen MR) is 72.6 cm³/mol.